The summed E-state index contributed by atoms with van der Waals surface area (Å²) in [5.74, 6) is 0. The number of nitro groups is 1. The van der Waals surface area contributed by atoms with Gasteiger partial charge in [0.1, 0.15) is 0 Å². The van der Waals surface area contributed by atoms with Crippen LogP contribution in [-0.2, 0) is 6.54 Å². The molecule has 154 valence electrons. The van der Waals surface area contributed by atoms with Crippen LogP contribution in [0.3, 0.4) is 0 Å². The summed E-state index contributed by atoms with van der Waals surface area (Å²) in [7, 11) is 2.15. The Morgan fingerprint density at radius 1 is 0.967 bits per heavy atom. The minimum Gasteiger partial charge on any atom is -0.304 e. The molecule has 0 unspecified atom stereocenters. The first-order valence-corrected chi connectivity index (χ1v) is 10.2. The Labute approximate surface area is 176 Å². The SMILES string of the molecule is Cc1nc(-c2ccccc2)cc(-c2cccc([N+](=O)[O-])c2)c1CN1CCN(C)CC1. The number of hydrogen-bond acceptors (Lipinski definition) is 5. The largest absolute Gasteiger partial charge is 0.304 e. The molecule has 3 aromatic rings. The van der Waals surface area contributed by atoms with Crippen molar-refractivity contribution in [2.24, 2.45) is 0 Å². The van der Waals surface area contributed by atoms with E-state index in [-0.39, 0.29) is 10.6 Å². The van der Waals surface area contributed by atoms with Gasteiger partial charge < -0.3 is 4.90 Å². The first-order valence-electron chi connectivity index (χ1n) is 10.2. The summed E-state index contributed by atoms with van der Waals surface area (Å²) < 4.78 is 0. The zero-order chi connectivity index (χ0) is 21.1. The third-order valence-electron chi connectivity index (χ3n) is 5.75. The van der Waals surface area contributed by atoms with Gasteiger partial charge >= 0.3 is 0 Å². The Bertz CT molecular complexity index is 1040. The van der Waals surface area contributed by atoms with Gasteiger partial charge in [-0.3, -0.25) is 20.0 Å². The van der Waals surface area contributed by atoms with Gasteiger partial charge in [-0.25, -0.2) is 0 Å². The Kier molecular flexibility index (Phi) is 5.88. The normalized spacial score (nSPS) is 15.3. The number of likely N-dealkylation sites (N-methyl/N-ethyl adjacent to an activating group) is 1. The maximum absolute atomic E-state index is 11.4. The van der Waals surface area contributed by atoms with Crippen LogP contribution in [0, 0.1) is 17.0 Å². The molecule has 0 spiro atoms. The van der Waals surface area contributed by atoms with Crippen LogP contribution in [0.4, 0.5) is 5.69 Å². The minimum atomic E-state index is -0.338. The highest BCUT2D eigenvalue weighted by molar-refractivity contribution is 5.75. The van der Waals surface area contributed by atoms with Gasteiger partial charge in [0.05, 0.1) is 10.6 Å². The van der Waals surface area contributed by atoms with Crippen molar-refractivity contribution in [3.05, 3.63) is 82.0 Å². The lowest BCUT2D eigenvalue weighted by atomic mass is 9.95. The lowest BCUT2D eigenvalue weighted by molar-refractivity contribution is -0.384. The van der Waals surface area contributed by atoms with Gasteiger partial charge in [-0.2, -0.15) is 0 Å². The monoisotopic (exact) mass is 402 g/mol. The lowest BCUT2D eigenvalue weighted by Gasteiger charge is -2.33. The number of benzene rings is 2. The number of nitrogens with zero attached hydrogens (tertiary/aromatic N) is 4. The fourth-order valence-electron chi connectivity index (χ4n) is 3.93. The van der Waals surface area contributed by atoms with E-state index < -0.39 is 0 Å². The van der Waals surface area contributed by atoms with Crippen molar-refractivity contribution >= 4 is 5.69 Å². The summed E-state index contributed by atoms with van der Waals surface area (Å²) >= 11 is 0. The lowest BCUT2D eigenvalue weighted by Crippen LogP contribution is -2.44. The molecule has 4 rings (SSSR count). The number of nitro benzene ring substituents is 1. The summed E-state index contributed by atoms with van der Waals surface area (Å²) in [5.41, 5.74) is 6.01. The van der Waals surface area contributed by atoms with E-state index in [1.807, 2.05) is 43.3 Å². The zero-order valence-corrected chi connectivity index (χ0v) is 17.4. The highest BCUT2D eigenvalue weighted by Gasteiger charge is 2.20. The summed E-state index contributed by atoms with van der Waals surface area (Å²) in [6.45, 7) is 6.93. The molecular formula is C24H26N4O2. The predicted molar refractivity (Wildman–Crippen MR) is 119 cm³/mol. The maximum Gasteiger partial charge on any atom is 0.270 e. The summed E-state index contributed by atoms with van der Waals surface area (Å²) in [6.07, 6.45) is 0. The first kappa shape index (κ1) is 20.2. The first-order chi connectivity index (χ1) is 14.5. The van der Waals surface area contributed by atoms with Crippen molar-refractivity contribution in [1.82, 2.24) is 14.8 Å². The number of hydrogen-bond donors (Lipinski definition) is 0. The van der Waals surface area contributed by atoms with Crippen molar-refractivity contribution in [3.63, 3.8) is 0 Å². The van der Waals surface area contributed by atoms with Gasteiger partial charge in [-0.15, -0.1) is 0 Å². The molecule has 0 bridgehead atoms. The molecule has 1 aliphatic heterocycles. The molecule has 2 aromatic carbocycles. The molecule has 0 aliphatic carbocycles. The smallest absolute Gasteiger partial charge is 0.270 e. The second-order valence-corrected chi connectivity index (χ2v) is 7.87. The van der Waals surface area contributed by atoms with E-state index in [0.29, 0.717) is 0 Å². The Morgan fingerprint density at radius 3 is 2.37 bits per heavy atom. The topological polar surface area (TPSA) is 62.5 Å². The Balaban J connectivity index is 1.80. The average Bonchev–Trinajstić information content (AvgIpc) is 2.77. The van der Waals surface area contributed by atoms with Crippen LogP contribution in [0.1, 0.15) is 11.3 Å². The minimum absolute atomic E-state index is 0.105. The molecule has 0 atom stereocenters. The zero-order valence-electron chi connectivity index (χ0n) is 17.4. The number of rotatable bonds is 5. The van der Waals surface area contributed by atoms with E-state index in [1.165, 1.54) is 6.07 Å². The molecule has 6 nitrogen and oxygen atoms in total. The number of pyridine rings is 1. The molecule has 2 heterocycles. The second kappa shape index (κ2) is 8.73. The van der Waals surface area contributed by atoms with Crippen molar-refractivity contribution in [3.8, 4) is 22.4 Å². The molecule has 0 saturated carbocycles. The Hall–Kier alpha value is -3.09. The summed E-state index contributed by atoms with van der Waals surface area (Å²) in [5, 5.41) is 11.4. The van der Waals surface area contributed by atoms with Crippen molar-refractivity contribution in [1.29, 1.82) is 0 Å². The number of non-ortho nitro benzene ring substituents is 1. The van der Waals surface area contributed by atoms with E-state index in [0.717, 1.165) is 66.4 Å². The van der Waals surface area contributed by atoms with Crippen LogP contribution in [0.2, 0.25) is 0 Å². The van der Waals surface area contributed by atoms with Gasteiger partial charge in [-0.1, -0.05) is 42.5 Å². The van der Waals surface area contributed by atoms with Crippen LogP contribution in [0.15, 0.2) is 60.7 Å². The van der Waals surface area contributed by atoms with Crippen molar-refractivity contribution < 1.29 is 4.92 Å². The molecule has 0 N–H and O–H groups in total. The maximum atomic E-state index is 11.4. The second-order valence-electron chi connectivity index (χ2n) is 7.87. The van der Waals surface area contributed by atoms with Crippen LogP contribution in [-0.4, -0.2) is 52.9 Å². The average molecular weight is 402 g/mol. The molecule has 30 heavy (non-hydrogen) atoms. The van der Waals surface area contributed by atoms with Crippen molar-refractivity contribution in [2.45, 2.75) is 13.5 Å². The van der Waals surface area contributed by atoms with Gasteiger partial charge in [0, 0.05) is 56.1 Å². The van der Waals surface area contributed by atoms with E-state index in [9.17, 15) is 10.1 Å². The third kappa shape index (κ3) is 4.40. The molecular weight excluding hydrogens is 376 g/mol. The summed E-state index contributed by atoms with van der Waals surface area (Å²) in [6, 6.07) is 19.0. The fourth-order valence-corrected chi connectivity index (χ4v) is 3.93. The molecule has 1 aromatic heterocycles. The van der Waals surface area contributed by atoms with Crippen LogP contribution >= 0.6 is 0 Å². The number of aromatic nitrogens is 1. The van der Waals surface area contributed by atoms with Gasteiger partial charge in [0.25, 0.3) is 5.69 Å². The number of aryl methyl sites for hydroxylation is 1. The van der Waals surface area contributed by atoms with Crippen LogP contribution in [0.25, 0.3) is 22.4 Å². The van der Waals surface area contributed by atoms with Gasteiger partial charge in [0.2, 0.25) is 0 Å². The van der Waals surface area contributed by atoms with E-state index in [2.05, 4.69) is 22.9 Å². The fraction of sp³-hybridized carbons (Fsp3) is 0.292. The standard InChI is InChI=1S/C24H26N4O2/c1-18-23(17-27-13-11-26(2)12-14-27)22(20-9-6-10-21(15-20)28(29)30)16-24(25-18)19-7-4-3-5-8-19/h3-10,15-16H,11-14,17H2,1-2H3. The highest BCUT2D eigenvalue weighted by Crippen LogP contribution is 2.33. The summed E-state index contributed by atoms with van der Waals surface area (Å²) in [4.78, 5) is 20.7. The molecule has 0 amide bonds. The molecule has 1 aliphatic rings. The highest BCUT2D eigenvalue weighted by atomic mass is 16.6. The molecule has 6 heteroatoms. The van der Waals surface area contributed by atoms with Crippen LogP contribution in [0.5, 0.6) is 0 Å². The quantitative estimate of drug-likeness (QED) is 0.468. The van der Waals surface area contributed by atoms with Gasteiger partial charge in [-0.05, 0) is 36.7 Å². The van der Waals surface area contributed by atoms with Gasteiger partial charge in [0.15, 0.2) is 0 Å². The molecule has 1 fully saturated rings. The van der Waals surface area contributed by atoms with E-state index in [4.69, 9.17) is 4.98 Å². The number of piperazine rings is 1. The molecule has 1 saturated heterocycles. The van der Waals surface area contributed by atoms with Crippen molar-refractivity contribution in [2.75, 3.05) is 33.2 Å². The van der Waals surface area contributed by atoms with E-state index >= 15 is 0 Å². The van der Waals surface area contributed by atoms with Crippen LogP contribution < -0.4 is 0 Å². The van der Waals surface area contributed by atoms with E-state index in [1.54, 1.807) is 12.1 Å². The predicted octanol–water partition coefficient (Wildman–Crippen LogP) is 4.38. The molecule has 0 radical (unpaired) electrons. The Morgan fingerprint density at radius 2 is 1.67 bits per heavy atom. The third-order valence-corrected chi connectivity index (χ3v) is 5.75.